The monoisotopic (exact) mass is 504 g/mol. The highest BCUT2D eigenvalue weighted by molar-refractivity contribution is 6.44. The molecule has 8 heteroatoms. The molecule has 0 radical (unpaired) electrons. The Morgan fingerprint density at radius 2 is 1.64 bits per heavy atom. The first-order chi connectivity index (χ1) is 17.3. The number of hydrogen-bond donors (Lipinski definition) is 1. The zero-order valence-electron chi connectivity index (χ0n) is 20.7. The Kier molecular flexibility index (Phi) is 7.60. The van der Waals surface area contributed by atoms with Crippen molar-refractivity contribution in [1.29, 1.82) is 0 Å². The maximum Gasteiger partial charge on any atom is 0.226 e. The Bertz CT molecular complexity index is 1270. The molecule has 1 atom stereocenters. The second-order valence-electron chi connectivity index (χ2n) is 8.71. The molecule has 0 saturated carbocycles. The Morgan fingerprint density at radius 1 is 1.00 bits per heavy atom. The van der Waals surface area contributed by atoms with Crippen molar-refractivity contribution in [3.63, 3.8) is 0 Å². The number of carbonyl (C=O) groups is 2. The molecule has 0 aliphatic carbocycles. The number of halogens is 1. The number of Topliss-reactive ketones (excluding diaryl/α,β-unsaturated/α-hetero) is 1. The molecule has 7 nitrogen and oxygen atoms in total. The van der Waals surface area contributed by atoms with Crippen LogP contribution in [0, 0.1) is 5.92 Å². The minimum absolute atomic E-state index is 0.0626. The fourth-order valence-corrected chi connectivity index (χ4v) is 4.10. The van der Waals surface area contributed by atoms with Crippen LogP contribution in [0.4, 0.5) is 17.1 Å². The van der Waals surface area contributed by atoms with E-state index >= 15 is 0 Å². The fraction of sp³-hybridized carbons (Fsp3) is 0.250. The molecule has 1 unspecified atom stereocenters. The van der Waals surface area contributed by atoms with Crippen LogP contribution in [0.1, 0.15) is 39.4 Å². The quantitative estimate of drug-likeness (QED) is 0.392. The zero-order valence-corrected chi connectivity index (χ0v) is 21.5. The molecule has 36 heavy (non-hydrogen) atoms. The number of hydrogen-bond acceptors (Lipinski definition) is 6. The third-order valence-electron chi connectivity index (χ3n) is 5.75. The first kappa shape index (κ1) is 25.3. The summed E-state index contributed by atoms with van der Waals surface area (Å²) >= 11 is 6.14. The average Bonchev–Trinajstić information content (AvgIpc) is 3.26. The molecule has 1 aliphatic rings. The van der Waals surface area contributed by atoms with E-state index in [-0.39, 0.29) is 17.6 Å². The minimum atomic E-state index is -0.496. The summed E-state index contributed by atoms with van der Waals surface area (Å²) in [5.74, 6) is 0.622. The Hall–Kier alpha value is -3.84. The Morgan fingerprint density at radius 3 is 2.25 bits per heavy atom. The zero-order chi connectivity index (χ0) is 25.8. The summed E-state index contributed by atoms with van der Waals surface area (Å²) in [5, 5.41) is 10.1. The lowest BCUT2D eigenvalue weighted by Crippen LogP contribution is -2.38. The number of hydrazone groups is 1. The van der Waals surface area contributed by atoms with Gasteiger partial charge >= 0.3 is 0 Å². The summed E-state index contributed by atoms with van der Waals surface area (Å²) in [7, 11) is 0. The average molecular weight is 505 g/mol. The largest absolute Gasteiger partial charge is 0.493 e. The smallest absolute Gasteiger partial charge is 0.226 e. The number of ketones is 1. The summed E-state index contributed by atoms with van der Waals surface area (Å²) in [4.78, 5) is 26.9. The van der Waals surface area contributed by atoms with Gasteiger partial charge in [-0.2, -0.15) is 0 Å². The molecule has 0 saturated heterocycles. The van der Waals surface area contributed by atoms with Crippen molar-refractivity contribution in [3.05, 3.63) is 83.4 Å². The van der Waals surface area contributed by atoms with E-state index < -0.39 is 6.17 Å². The molecule has 0 spiro atoms. The second-order valence-corrected chi connectivity index (χ2v) is 9.14. The van der Waals surface area contributed by atoms with Crippen LogP contribution < -0.4 is 20.0 Å². The topological polar surface area (TPSA) is 74.2 Å². The number of benzene rings is 3. The van der Waals surface area contributed by atoms with Gasteiger partial charge in [0.2, 0.25) is 5.91 Å². The maximum absolute atomic E-state index is 12.8. The maximum atomic E-state index is 12.8. The third kappa shape index (κ3) is 5.21. The first-order valence-electron chi connectivity index (χ1n) is 11.9. The molecular formula is C28H29ClN4O3. The van der Waals surface area contributed by atoms with Gasteiger partial charge in [0.15, 0.2) is 17.8 Å². The molecule has 0 fully saturated rings. The van der Waals surface area contributed by atoms with E-state index in [2.05, 4.69) is 5.32 Å². The molecule has 186 valence electrons. The summed E-state index contributed by atoms with van der Waals surface area (Å²) in [6.45, 7) is 7.61. The van der Waals surface area contributed by atoms with E-state index in [1.165, 1.54) is 6.92 Å². The summed E-state index contributed by atoms with van der Waals surface area (Å²) in [6.07, 6.45) is -0.496. The van der Waals surface area contributed by atoms with Gasteiger partial charge < -0.3 is 10.1 Å². The summed E-state index contributed by atoms with van der Waals surface area (Å²) in [6, 6.07) is 22.4. The summed E-state index contributed by atoms with van der Waals surface area (Å²) < 4.78 is 5.96. The van der Waals surface area contributed by atoms with Gasteiger partial charge in [-0.25, -0.2) is 5.01 Å². The number of nitrogens with one attached hydrogen (secondary N) is 1. The van der Waals surface area contributed by atoms with Gasteiger partial charge in [0, 0.05) is 34.8 Å². The first-order valence-corrected chi connectivity index (χ1v) is 12.2. The van der Waals surface area contributed by atoms with E-state index in [0.717, 1.165) is 16.9 Å². The van der Waals surface area contributed by atoms with Crippen LogP contribution in [-0.4, -0.2) is 24.1 Å². The van der Waals surface area contributed by atoms with Crippen LogP contribution in [0.5, 0.6) is 5.75 Å². The highest BCUT2D eigenvalue weighted by Gasteiger charge is 2.40. The predicted octanol–water partition coefficient (Wildman–Crippen LogP) is 6.26. The van der Waals surface area contributed by atoms with Crippen LogP contribution in [0.15, 0.2) is 77.9 Å². The van der Waals surface area contributed by atoms with Crippen LogP contribution in [0.3, 0.4) is 0 Å². The van der Waals surface area contributed by atoms with E-state index in [1.807, 2.05) is 86.3 Å². The lowest BCUT2D eigenvalue weighted by Gasteiger charge is -2.33. The predicted molar refractivity (Wildman–Crippen MR) is 145 cm³/mol. The van der Waals surface area contributed by atoms with E-state index in [4.69, 9.17) is 21.4 Å². The molecule has 3 aromatic rings. The Balaban J connectivity index is 1.83. The Labute approximate surface area is 216 Å². The number of ether oxygens (including phenoxy) is 1. The number of nitrogens with zero attached hydrogens (tertiary/aromatic N) is 3. The normalized spacial score (nSPS) is 15.2. The number of rotatable bonds is 8. The lowest BCUT2D eigenvalue weighted by atomic mass is 10.1. The standard InChI is InChI=1S/C28H29ClN4O3/c1-5-36-25-9-7-6-8-24(25)28-32(22-16-12-21(13-17-22)30-27(35)18(2)3)26(19(4)34)31-33(28)23-14-10-20(29)11-15-23/h6-18,28H,5H2,1-4H3,(H,30,35). The third-order valence-corrected chi connectivity index (χ3v) is 6.00. The number of amidine groups is 1. The molecular weight excluding hydrogens is 476 g/mol. The van der Waals surface area contributed by atoms with Gasteiger partial charge in [-0.15, -0.1) is 5.10 Å². The molecule has 0 bridgehead atoms. The van der Waals surface area contributed by atoms with Gasteiger partial charge in [0.1, 0.15) is 5.75 Å². The van der Waals surface area contributed by atoms with Crippen LogP contribution >= 0.6 is 11.6 Å². The van der Waals surface area contributed by atoms with E-state index in [0.29, 0.717) is 28.9 Å². The highest BCUT2D eigenvalue weighted by Crippen LogP contribution is 2.42. The van der Waals surface area contributed by atoms with Gasteiger partial charge in [0.05, 0.1) is 12.3 Å². The molecule has 1 amide bonds. The number of amides is 1. The fourth-order valence-electron chi connectivity index (χ4n) is 3.97. The second kappa shape index (κ2) is 10.8. The van der Waals surface area contributed by atoms with E-state index in [1.54, 1.807) is 17.1 Å². The molecule has 0 aromatic heterocycles. The molecule has 1 heterocycles. The van der Waals surface area contributed by atoms with Gasteiger partial charge in [-0.05, 0) is 61.5 Å². The lowest BCUT2D eigenvalue weighted by molar-refractivity contribution is -0.119. The SMILES string of the molecule is CCOc1ccccc1C1N(c2ccc(Cl)cc2)N=C(C(C)=O)N1c1ccc(NC(=O)C(C)C)cc1. The number of carbonyl (C=O) groups excluding carboxylic acids is 2. The molecule has 1 aliphatic heterocycles. The highest BCUT2D eigenvalue weighted by atomic mass is 35.5. The van der Waals surface area contributed by atoms with Crippen molar-refractivity contribution in [1.82, 2.24) is 0 Å². The number of para-hydroxylation sites is 1. The molecule has 3 aromatic carbocycles. The van der Waals surface area contributed by atoms with Gasteiger partial charge in [0.25, 0.3) is 0 Å². The van der Waals surface area contributed by atoms with Crippen molar-refractivity contribution in [2.75, 3.05) is 21.8 Å². The van der Waals surface area contributed by atoms with Crippen molar-refractivity contribution in [3.8, 4) is 5.75 Å². The molecule has 1 N–H and O–H groups in total. The van der Waals surface area contributed by atoms with Crippen molar-refractivity contribution in [2.45, 2.75) is 33.9 Å². The van der Waals surface area contributed by atoms with Crippen molar-refractivity contribution < 1.29 is 14.3 Å². The van der Waals surface area contributed by atoms with Crippen molar-refractivity contribution >= 4 is 46.2 Å². The van der Waals surface area contributed by atoms with Crippen LogP contribution in [-0.2, 0) is 9.59 Å². The van der Waals surface area contributed by atoms with Crippen LogP contribution in [0.25, 0.3) is 0 Å². The van der Waals surface area contributed by atoms with Crippen LogP contribution in [0.2, 0.25) is 5.02 Å². The summed E-state index contributed by atoms with van der Waals surface area (Å²) in [5.41, 5.74) is 3.06. The van der Waals surface area contributed by atoms with Gasteiger partial charge in [-0.3, -0.25) is 14.5 Å². The van der Waals surface area contributed by atoms with Gasteiger partial charge in [-0.1, -0.05) is 43.6 Å². The van der Waals surface area contributed by atoms with Crippen molar-refractivity contribution in [2.24, 2.45) is 11.0 Å². The number of anilines is 3. The van der Waals surface area contributed by atoms with E-state index in [9.17, 15) is 9.59 Å². The molecule has 4 rings (SSSR count). The minimum Gasteiger partial charge on any atom is -0.493 e.